The van der Waals surface area contributed by atoms with Gasteiger partial charge in [0.05, 0.1) is 15.5 Å². The average molecular weight is 329 g/mol. The van der Waals surface area contributed by atoms with Crippen LogP contribution in [0.2, 0.25) is 10.0 Å². The number of rotatable bonds is 3. The van der Waals surface area contributed by atoms with Crippen molar-refractivity contribution in [3.63, 3.8) is 0 Å². The molecule has 8 heteroatoms. The Morgan fingerprint density at radius 1 is 1.14 bits per heavy atom. The molecule has 108 valence electrons. The van der Waals surface area contributed by atoms with Crippen LogP contribution in [0.15, 0.2) is 36.4 Å². The summed E-state index contributed by atoms with van der Waals surface area (Å²) in [6.07, 6.45) is 0. The van der Waals surface area contributed by atoms with Crippen molar-refractivity contribution in [1.82, 2.24) is 0 Å². The summed E-state index contributed by atoms with van der Waals surface area (Å²) in [6.45, 7) is 0. The Labute approximate surface area is 128 Å². The molecular formula is C13H7Cl2FN2O3. The second kappa shape index (κ2) is 6.07. The Morgan fingerprint density at radius 3 is 2.48 bits per heavy atom. The van der Waals surface area contributed by atoms with Crippen LogP contribution >= 0.6 is 23.2 Å². The maximum Gasteiger partial charge on any atom is 0.289 e. The molecule has 0 saturated carbocycles. The molecule has 5 nitrogen and oxygen atoms in total. The van der Waals surface area contributed by atoms with Gasteiger partial charge in [-0.05, 0) is 30.3 Å². The molecule has 0 atom stereocenters. The van der Waals surface area contributed by atoms with Crippen molar-refractivity contribution in [1.29, 1.82) is 0 Å². The third kappa shape index (κ3) is 3.48. The van der Waals surface area contributed by atoms with Crippen molar-refractivity contribution in [2.24, 2.45) is 0 Å². The zero-order valence-corrected chi connectivity index (χ0v) is 11.8. The molecule has 0 saturated heterocycles. The van der Waals surface area contributed by atoms with Gasteiger partial charge in [0.2, 0.25) is 0 Å². The molecule has 0 aliphatic rings. The minimum absolute atomic E-state index is 0.0437. The number of hydrogen-bond acceptors (Lipinski definition) is 3. The van der Waals surface area contributed by atoms with Crippen LogP contribution in [-0.2, 0) is 0 Å². The Kier molecular flexibility index (Phi) is 4.40. The Morgan fingerprint density at radius 2 is 1.86 bits per heavy atom. The first-order valence-electron chi connectivity index (χ1n) is 5.59. The highest BCUT2D eigenvalue weighted by atomic mass is 35.5. The third-order valence-electron chi connectivity index (χ3n) is 2.58. The van der Waals surface area contributed by atoms with Gasteiger partial charge in [-0.25, -0.2) is 4.39 Å². The molecule has 0 radical (unpaired) electrons. The maximum absolute atomic E-state index is 12.9. The smallest absolute Gasteiger partial charge is 0.289 e. The van der Waals surface area contributed by atoms with Gasteiger partial charge < -0.3 is 5.32 Å². The summed E-state index contributed by atoms with van der Waals surface area (Å²) in [5.74, 6) is -1.18. The van der Waals surface area contributed by atoms with Gasteiger partial charge >= 0.3 is 0 Å². The monoisotopic (exact) mass is 328 g/mol. The lowest BCUT2D eigenvalue weighted by Gasteiger charge is -2.07. The van der Waals surface area contributed by atoms with Gasteiger partial charge in [-0.15, -0.1) is 0 Å². The van der Waals surface area contributed by atoms with E-state index in [0.717, 1.165) is 18.2 Å². The highest BCUT2D eigenvalue weighted by molar-refractivity contribution is 6.34. The number of nitro benzene ring substituents is 1. The number of amides is 1. The van der Waals surface area contributed by atoms with Crippen molar-refractivity contribution in [2.45, 2.75) is 0 Å². The minimum atomic E-state index is -0.664. The van der Waals surface area contributed by atoms with Crippen molar-refractivity contribution in [3.05, 3.63) is 67.9 Å². The minimum Gasteiger partial charge on any atom is -0.322 e. The molecule has 1 amide bonds. The second-order valence-electron chi connectivity index (χ2n) is 4.00. The van der Waals surface area contributed by atoms with Crippen LogP contribution in [-0.4, -0.2) is 10.8 Å². The number of halogens is 3. The standard InChI is InChI=1S/C13H7Cl2FN2O3/c14-10-4-2-8(6-12(10)18(20)21)17-13(19)9-3-1-7(16)5-11(9)15/h1-6H,(H,17,19). The third-order valence-corrected chi connectivity index (χ3v) is 3.21. The first kappa shape index (κ1) is 15.2. The van der Waals surface area contributed by atoms with Crippen LogP contribution < -0.4 is 5.32 Å². The number of carbonyl (C=O) groups excluding carboxylic acids is 1. The maximum atomic E-state index is 12.9. The van der Waals surface area contributed by atoms with E-state index in [2.05, 4.69) is 5.32 Å². The number of hydrogen-bond donors (Lipinski definition) is 1. The topological polar surface area (TPSA) is 72.2 Å². The number of benzene rings is 2. The fourth-order valence-electron chi connectivity index (χ4n) is 1.60. The van der Waals surface area contributed by atoms with Crippen LogP contribution in [0.1, 0.15) is 10.4 Å². The number of anilines is 1. The van der Waals surface area contributed by atoms with Gasteiger partial charge in [-0.1, -0.05) is 23.2 Å². The van der Waals surface area contributed by atoms with E-state index in [1.165, 1.54) is 18.2 Å². The molecule has 0 aliphatic carbocycles. The summed E-state index contributed by atoms with van der Waals surface area (Å²) < 4.78 is 12.9. The number of nitrogens with one attached hydrogen (secondary N) is 1. The molecule has 2 aromatic carbocycles. The normalized spacial score (nSPS) is 10.2. The fourth-order valence-corrected chi connectivity index (χ4v) is 2.04. The summed E-state index contributed by atoms with van der Waals surface area (Å²) >= 11 is 11.4. The summed E-state index contributed by atoms with van der Waals surface area (Å²) in [6, 6.07) is 7.13. The number of nitrogens with zero attached hydrogens (tertiary/aromatic N) is 1. The molecule has 21 heavy (non-hydrogen) atoms. The lowest BCUT2D eigenvalue weighted by molar-refractivity contribution is -0.384. The molecule has 0 heterocycles. The van der Waals surface area contributed by atoms with Crippen LogP contribution in [0, 0.1) is 15.9 Å². The molecule has 0 unspecified atom stereocenters. The van der Waals surface area contributed by atoms with Crippen LogP contribution in [0.4, 0.5) is 15.8 Å². The molecule has 0 aromatic heterocycles. The van der Waals surface area contributed by atoms with E-state index in [4.69, 9.17) is 23.2 Å². The molecule has 2 aromatic rings. The van der Waals surface area contributed by atoms with E-state index in [9.17, 15) is 19.3 Å². The molecule has 2 rings (SSSR count). The summed E-state index contributed by atoms with van der Waals surface area (Å²) in [5.41, 5.74) is -0.105. The van der Waals surface area contributed by atoms with E-state index in [1.807, 2.05) is 0 Å². The van der Waals surface area contributed by atoms with Crippen molar-refractivity contribution >= 4 is 40.5 Å². The second-order valence-corrected chi connectivity index (χ2v) is 4.82. The summed E-state index contributed by atoms with van der Waals surface area (Å²) in [5, 5.41) is 13.1. The van der Waals surface area contributed by atoms with Crippen LogP contribution in [0.3, 0.4) is 0 Å². The van der Waals surface area contributed by atoms with E-state index in [-0.39, 0.29) is 27.0 Å². The highest BCUT2D eigenvalue weighted by Gasteiger charge is 2.16. The molecule has 0 aliphatic heterocycles. The van der Waals surface area contributed by atoms with E-state index in [1.54, 1.807) is 0 Å². The zero-order valence-electron chi connectivity index (χ0n) is 10.3. The SMILES string of the molecule is O=C(Nc1ccc(Cl)c([N+](=O)[O-])c1)c1ccc(F)cc1Cl. The molecular weight excluding hydrogens is 322 g/mol. The Balaban J connectivity index is 2.27. The van der Waals surface area contributed by atoms with Crippen molar-refractivity contribution in [2.75, 3.05) is 5.32 Å². The number of nitro groups is 1. The lowest BCUT2D eigenvalue weighted by Crippen LogP contribution is -2.12. The van der Waals surface area contributed by atoms with Crippen LogP contribution in [0.5, 0.6) is 0 Å². The Hall–Kier alpha value is -2.18. The average Bonchev–Trinajstić information content (AvgIpc) is 2.40. The van der Waals surface area contributed by atoms with Crippen molar-refractivity contribution in [3.8, 4) is 0 Å². The largest absolute Gasteiger partial charge is 0.322 e. The van der Waals surface area contributed by atoms with Gasteiger partial charge in [0.1, 0.15) is 10.8 Å². The van der Waals surface area contributed by atoms with Crippen LogP contribution in [0.25, 0.3) is 0 Å². The lowest BCUT2D eigenvalue weighted by atomic mass is 10.2. The first-order chi connectivity index (χ1) is 9.88. The van der Waals surface area contributed by atoms with Gasteiger partial charge in [0, 0.05) is 11.8 Å². The first-order valence-corrected chi connectivity index (χ1v) is 6.34. The molecule has 0 spiro atoms. The summed E-state index contributed by atoms with van der Waals surface area (Å²) in [4.78, 5) is 22.1. The van der Waals surface area contributed by atoms with Gasteiger partial charge in [-0.2, -0.15) is 0 Å². The molecule has 0 bridgehead atoms. The van der Waals surface area contributed by atoms with E-state index >= 15 is 0 Å². The van der Waals surface area contributed by atoms with Gasteiger partial charge in [0.15, 0.2) is 0 Å². The van der Waals surface area contributed by atoms with Gasteiger partial charge in [0.25, 0.3) is 11.6 Å². The Bertz CT molecular complexity index is 737. The summed E-state index contributed by atoms with van der Waals surface area (Å²) in [7, 11) is 0. The predicted molar refractivity (Wildman–Crippen MR) is 77.5 cm³/mol. The zero-order chi connectivity index (χ0) is 15.6. The van der Waals surface area contributed by atoms with Crippen molar-refractivity contribution < 1.29 is 14.1 Å². The predicted octanol–water partition coefficient (Wildman–Crippen LogP) is 4.29. The fraction of sp³-hybridized carbons (Fsp3) is 0. The van der Waals surface area contributed by atoms with Gasteiger partial charge in [-0.3, -0.25) is 14.9 Å². The quantitative estimate of drug-likeness (QED) is 0.674. The molecule has 0 fully saturated rings. The number of carbonyl (C=O) groups is 1. The van der Waals surface area contributed by atoms with E-state index < -0.39 is 16.6 Å². The molecule has 1 N–H and O–H groups in total. The van der Waals surface area contributed by atoms with E-state index in [0.29, 0.717) is 0 Å². The highest BCUT2D eigenvalue weighted by Crippen LogP contribution is 2.28.